The lowest BCUT2D eigenvalue weighted by Gasteiger charge is -2.36. The van der Waals surface area contributed by atoms with Gasteiger partial charge in [-0.05, 0) is 66.6 Å². The summed E-state index contributed by atoms with van der Waals surface area (Å²) in [6.07, 6.45) is 3.73. The van der Waals surface area contributed by atoms with E-state index in [4.69, 9.17) is 4.98 Å². The molecule has 0 bridgehead atoms. The SMILES string of the molecule is CC(=O)N1CCN(c2ccc(-n3c(=O)ccc4cnc5ccc(-c6cnc7ccccc7c6)cc5c43)cc2C)CC1. The number of piperazine rings is 1. The van der Waals surface area contributed by atoms with Crippen LogP contribution < -0.4 is 10.5 Å². The number of benzene rings is 3. The van der Waals surface area contributed by atoms with Gasteiger partial charge in [0, 0.05) is 84.7 Å². The quantitative estimate of drug-likeness (QED) is 0.269. The molecule has 0 radical (unpaired) electrons. The van der Waals surface area contributed by atoms with Crippen molar-refractivity contribution < 1.29 is 4.79 Å². The average molecular weight is 540 g/mol. The van der Waals surface area contributed by atoms with Crippen molar-refractivity contribution in [2.45, 2.75) is 13.8 Å². The number of carbonyl (C=O) groups is 1. The Hall–Kier alpha value is -5.04. The fraction of sp³-hybridized carbons (Fsp3) is 0.176. The Morgan fingerprint density at radius 2 is 1.56 bits per heavy atom. The number of hydrogen-bond acceptors (Lipinski definition) is 5. The molecule has 0 atom stereocenters. The predicted molar refractivity (Wildman–Crippen MR) is 165 cm³/mol. The van der Waals surface area contributed by atoms with E-state index in [0.717, 1.165) is 73.9 Å². The fourth-order valence-electron chi connectivity index (χ4n) is 5.97. The molecule has 1 aliphatic rings. The van der Waals surface area contributed by atoms with Gasteiger partial charge in [-0.15, -0.1) is 0 Å². The van der Waals surface area contributed by atoms with Crippen LogP contribution in [-0.4, -0.2) is 51.5 Å². The molecule has 41 heavy (non-hydrogen) atoms. The Balaban J connectivity index is 1.35. The molecule has 0 aliphatic carbocycles. The first-order chi connectivity index (χ1) is 20.0. The van der Waals surface area contributed by atoms with Crippen molar-refractivity contribution in [2.24, 2.45) is 0 Å². The molecular formula is C34H29N5O2. The normalized spacial score (nSPS) is 13.8. The molecule has 1 saturated heterocycles. The molecule has 4 heterocycles. The number of pyridine rings is 3. The van der Waals surface area contributed by atoms with Crippen molar-refractivity contribution in [3.8, 4) is 16.8 Å². The zero-order chi connectivity index (χ0) is 28.1. The Morgan fingerprint density at radius 3 is 2.37 bits per heavy atom. The van der Waals surface area contributed by atoms with Crippen molar-refractivity contribution in [3.63, 3.8) is 0 Å². The maximum absolute atomic E-state index is 13.5. The second-order valence-corrected chi connectivity index (χ2v) is 10.7. The van der Waals surface area contributed by atoms with Gasteiger partial charge in [0.1, 0.15) is 0 Å². The summed E-state index contributed by atoms with van der Waals surface area (Å²) in [5.41, 5.74) is 7.58. The number of aryl methyl sites for hydroxylation is 1. The van der Waals surface area contributed by atoms with Crippen LogP contribution in [0, 0.1) is 6.92 Å². The van der Waals surface area contributed by atoms with Crippen LogP contribution in [0.5, 0.6) is 0 Å². The summed E-state index contributed by atoms with van der Waals surface area (Å²) in [5, 5.41) is 2.89. The zero-order valence-electron chi connectivity index (χ0n) is 23.0. The van der Waals surface area contributed by atoms with E-state index >= 15 is 0 Å². The van der Waals surface area contributed by atoms with Gasteiger partial charge in [0.05, 0.1) is 16.6 Å². The van der Waals surface area contributed by atoms with Gasteiger partial charge in [-0.2, -0.15) is 0 Å². The van der Waals surface area contributed by atoms with Gasteiger partial charge in [0.2, 0.25) is 5.91 Å². The molecule has 0 N–H and O–H groups in total. The van der Waals surface area contributed by atoms with Gasteiger partial charge in [0.15, 0.2) is 0 Å². The van der Waals surface area contributed by atoms with E-state index < -0.39 is 0 Å². The van der Waals surface area contributed by atoms with Crippen LogP contribution in [0.3, 0.4) is 0 Å². The van der Waals surface area contributed by atoms with E-state index in [2.05, 4.69) is 53.2 Å². The maximum Gasteiger partial charge on any atom is 0.255 e. The van der Waals surface area contributed by atoms with E-state index in [-0.39, 0.29) is 11.5 Å². The molecule has 7 rings (SSSR count). The van der Waals surface area contributed by atoms with E-state index in [1.807, 2.05) is 53.7 Å². The smallest absolute Gasteiger partial charge is 0.255 e. The Morgan fingerprint density at radius 1 is 0.756 bits per heavy atom. The Bertz CT molecular complexity index is 2040. The van der Waals surface area contributed by atoms with Gasteiger partial charge < -0.3 is 9.80 Å². The minimum Gasteiger partial charge on any atom is -0.368 e. The van der Waals surface area contributed by atoms with Gasteiger partial charge in [-0.25, -0.2) is 0 Å². The average Bonchev–Trinajstić information content (AvgIpc) is 3.00. The topological polar surface area (TPSA) is 71.3 Å². The van der Waals surface area contributed by atoms with E-state index in [0.29, 0.717) is 13.1 Å². The lowest BCUT2D eigenvalue weighted by atomic mass is 10.0. The number of carbonyl (C=O) groups excluding carboxylic acids is 1. The molecular weight excluding hydrogens is 510 g/mol. The molecule has 3 aromatic carbocycles. The van der Waals surface area contributed by atoms with Crippen molar-refractivity contribution in [3.05, 3.63) is 107 Å². The molecule has 7 heteroatoms. The second kappa shape index (κ2) is 9.86. The Kier molecular flexibility index (Phi) is 6.00. The number of fused-ring (bicyclic) bond motifs is 4. The molecule has 3 aromatic heterocycles. The third kappa shape index (κ3) is 4.39. The summed E-state index contributed by atoms with van der Waals surface area (Å²) in [6.45, 7) is 6.71. The predicted octanol–water partition coefficient (Wildman–Crippen LogP) is 5.73. The highest BCUT2D eigenvalue weighted by atomic mass is 16.2. The molecule has 0 unspecified atom stereocenters. The van der Waals surface area contributed by atoms with Crippen LogP contribution in [-0.2, 0) is 4.79 Å². The van der Waals surface area contributed by atoms with Gasteiger partial charge in [-0.1, -0.05) is 24.3 Å². The van der Waals surface area contributed by atoms with Gasteiger partial charge in [0.25, 0.3) is 5.56 Å². The largest absolute Gasteiger partial charge is 0.368 e. The summed E-state index contributed by atoms with van der Waals surface area (Å²) in [4.78, 5) is 38.8. The summed E-state index contributed by atoms with van der Waals surface area (Å²) in [5.74, 6) is 0.119. The molecule has 7 nitrogen and oxygen atoms in total. The van der Waals surface area contributed by atoms with Crippen LogP contribution in [0.2, 0.25) is 0 Å². The van der Waals surface area contributed by atoms with Crippen LogP contribution in [0.1, 0.15) is 12.5 Å². The molecule has 202 valence electrons. The third-order valence-corrected chi connectivity index (χ3v) is 8.15. The van der Waals surface area contributed by atoms with Crippen molar-refractivity contribution in [1.82, 2.24) is 19.4 Å². The van der Waals surface area contributed by atoms with E-state index in [1.165, 1.54) is 0 Å². The molecule has 1 aliphatic heterocycles. The first kappa shape index (κ1) is 25.0. The highest BCUT2D eigenvalue weighted by Gasteiger charge is 2.20. The number of anilines is 1. The van der Waals surface area contributed by atoms with Crippen molar-refractivity contribution in [1.29, 1.82) is 0 Å². The number of amides is 1. The van der Waals surface area contributed by atoms with Gasteiger partial charge >= 0.3 is 0 Å². The third-order valence-electron chi connectivity index (χ3n) is 8.15. The standard InChI is InChI=1S/C34H29N5O2/c1-22-17-28(9-11-32(22)38-15-13-37(14-16-38)23(2)40)39-33(41)12-8-26-20-36-31-10-7-24(19-29(31)34(26)39)27-18-25-5-3-4-6-30(25)35-21-27/h3-12,17-21H,13-16H2,1-2H3. The van der Waals surface area contributed by atoms with E-state index in [1.54, 1.807) is 17.6 Å². The number of hydrogen-bond donors (Lipinski definition) is 0. The zero-order valence-corrected chi connectivity index (χ0v) is 23.0. The highest BCUT2D eigenvalue weighted by Crippen LogP contribution is 2.31. The maximum atomic E-state index is 13.5. The first-order valence-corrected chi connectivity index (χ1v) is 13.9. The summed E-state index contributed by atoms with van der Waals surface area (Å²) in [6, 6.07) is 26.1. The molecule has 0 saturated carbocycles. The minimum atomic E-state index is -0.0926. The lowest BCUT2D eigenvalue weighted by Crippen LogP contribution is -2.48. The van der Waals surface area contributed by atoms with Crippen molar-refractivity contribution >= 4 is 44.3 Å². The highest BCUT2D eigenvalue weighted by molar-refractivity contribution is 6.05. The lowest BCUT2D eigenvalue weighted by molar-refractivity contribution is -0.129. The van der Waals surface area contributed by atoms with Gasteiger partial charge in [-0.3, -0.25) is 24.1 Å². The first-order valence-electron chi connectivity index (χ1n) is 13.9. The molecule has 6 aromatic rings. The number of rotatable bonds is 3. The van der Waals surface area contributed by atoms with Crippen LogP contribution in [0.25, 0.3) is 49.5 Å². The minimum absolute atomic E-state index is 0.0926. The summed E-state index contributed by atoms with van der Waals surface area (Å²) < 4.78 is 1.80. The molecule has 0 spiro atoms. The monoisotopic (exact) mass is 539 g/mol. The van der Waals surface area contributed by atoms with E-state index in [9.17, 15) is 9.59 Å². The number of nitrogens with zero attached hydrogens (tertiary/aromatic N) is 5. The fourth-order valence-corrected chi connectivity index (χ4v) is 5.97. The van der Waals surface area contributed by atoms with Crippen LogP contribution in [0.15, 0.2) is 96.1 Å². The molecule has 1 fully saturated rings. The van der Waals surface area contributed by atoms with Crippen molar-refractivity contribution in [2.75, 3.05) is 31.1 Å². The second-order valence-electron chi connectivity index (χ2n) is 10.7. The summed E-state index contributed by atoms with van der Waals surface area (Å²) >= 11 is 0. The number of para-hydroxylation sites is 1. The van der Waals surface area contributed by atoms with Crippen LogP contribution >= 0.6 is 0 Å². The Labute approximate surface area is 237 Å². The van der Waals surface area contributed by atoms with Crippen LogP contribution in [0.4, 0.5) is 5.69 Å². The summed E-state index contributed by atoms with van der Waals surface area (Å²) in [7, 11) is 0. The number of aromatic nitrogens is 3. The molecule has 1 amide bonds.